The maximum atomic E-state index is 10.9. The third-order valence-electron chi connectivity index (χ3n) is 1.09. The first-order valence-electron chi connectivity index (χ1n) is 2.96. The van der Waals surface area contributed by atoms with Crippen molar-refractivity contribution in [2.24, 2.45) is 0 Å². The molecule has 0 aliphatic carbocycles. The number of carbonyl (C=O) groups is 1. The van der Waals surface area contributed by atoms with Gasteiger partial charge in [0.25, 0.3) is 0 Å². The van der Waals surface area contributed by atoms with Gasteiger partial charge >= 0.3 is 5.97 Å². The number of methoxy groups -OCH3 is 1. The molecule has 0 atom stereocenters. The highest BCUT2D eigenvalue weighted by molar-refractivity contribution is 6.54. The van der Waals surface area contributed by atoms with Crippen LogP contribution in [0.4, 0.5) is 0 Å². The van der Waals surface area contributed by atoms with Crippen molar-refractivity contribution in [2.75, 3.05) is 7.11 Å². The number of esters is 1. The zero-order valence-corrected chi connectivity index (χ0v) is 10.1. The quantitative estimate of drug-likeness (QED) is 0.452. The van der Waals surface area contributed by atoms with Gasteiger partial charge in [-0.15, -0.1) is 46.4 Å². The van der Waals surface area contributed by atoms with Crippen LogP contribution in [0.2, 0.25) is 0 Å². The van der Waals surface area contributed by atoms with Crippen LogP contribution in [0.15, 0.2) is 10.6 Å². The summed E-state index contributed by atoms with van der Waals surface area (Å²) in [6, 6.07) is 0. The summed E-state index contributed by atoms with van der Waals surface area (Å²) in [6.45, 7) is 0. The van der Waals surface area contributed by atoms with E-state index in [9.17, 15) is 4.79 Å². The van der Waals surface area contributed by atoms with Gasteiger partial charge in [-0.25, -0.2) is 4.79 Å². The Kier molecular flexibility index (Phi) is 6.52. The lowest BCUT2D eigenvalue weighted by Gasteiger charge is -2.10. The third-order valence-corrected chi connectivity index (χ3v) is 2.40. The fraction of sp³-hybridized carbons (Fsp3) is 0.500. The van der Waals surface area contributed by atoms with Gasteiger partial charge < -0.3 is 4.74 Å². The standard InChI is InChI=1S/C6H5Cl5O2/c1-13-6(12)3(7)2(4(8)9)5(10)11/h4-5H,1H3. The molecule has 0 N–H and O–H groups in total. The lowest BCUT2D eigenvalue weighted by atomic mass is 10.3. The van der Waals surface area contributed by atoms with Gasteiger partial charge in [0.1, 0.15) is 14.7 Å². The average molecular weight is 286 g/mol. The van der Waals surface area contributed by atoms with Crippen molar-refractivity contribution in [3.8, 4) is 0 Å². The van der Waals surface area contributed by atoms with Crippen molar-refractivity contribution in [3.05, 3.63) is 10.6 Å². The summed E-state index contributed by atoms with van der Waals surface area (Å²) in [5.41, 5.74) is 0.0141. The van der Waals surface area contributed by atoms with Crippen molar-refractivity contribution in [1.82, 2.24) is 0 Å². The SMILES string of the molecule is COC(=O)C(Cl)=C(C(Cl)Cl)C(Cl)Cl. The molecule has 0 radical (unpaired) electrons. The van der Waals surface area contributed by atoms with Crippen LogP contribution in [-0.2, 0) is 9.53 Å². The molecule has 0 saturated carbocycles. The maximum absolute atomic E-state index is 10.9. The third kappa shape index (κ3) is 4.13. The van der Waals surface area contributed by atoms with E-state index in [0.717, 1.165) is 7.11 Å². The van der Waals surface area contributed by atoms with Crippen molar-refractivity contribution >= 4 is 64.0 Å². The molecule has 0 amide bonds. The van der Waals surface area contributed by atoms with Crippen LogP contribution in [0.25, 0.3) is 0 Å². The summed E-state index contributed by atoms with van der Waals surface area (Å²) in [6.07, 6.45) is 0. The summed E-state index contributed by atoms with van der Waals surface area (Å²) in [5, 5.41) is -0.299. The second-order valence-electron chi connectivity index (χ2n) is 1.86. The van der Waals surface area contributed by atoms with Crippen LogP contribution < -0.4 is 0 Å². The Balaban J connectivity index is 4.97. The summed E-state index contributed by atoms with van der Waals surface area (Å²) < 4.78 is 4.33. The number of carbonyl (C=O) groups excluding carboxylic acids is 1. The molecule has 0 rings (SSSR count). The molecule has 0 aromatic heterocycles. The fourth-order valence-electron chi connectivity index (χ4n) is 0.494. The highest BCUT2D eigenvalue weighted by Gasteiger charge is 2.23. The Hall–Kier alpha value is 0.660. The lowest BCUT2D eigenvalue weighted by molar-refractivity contribution is -0.135. The molecule has 0 saturated heterocycles. The second kappa shape index (κ2) is 6.20. The van der Waals surface area contributed by atoms with Crippen molar-refractivity contribution in [1.29, 1.82) is 0 Å². The molecule has 0 fully saturated rings. The smallest absolute Gasteiger partial charge is 0.349 e. The minimum absolute atomic E-state index is 0.0141. The Morgan fingerprint density at radius 1 is 1.15 bits per heavy atom. The number of halogens is 5. The van der Waals surface area contributed by atoms with E-state index >= 15 is 0 Å². The van der Waals surface area contributed by atoms with Gasteiger partial charge in [0.05, 0.1) is 7.11 Å². The molecular weight excluding hydrogens is 281 g/mol. The molecule has 0 aliphatic heterocycles. The Bertz CT molecular complexity index is 213. The number of hydrogen-bond acceptors (Lipinski definition) is 2. The molecule has 2 nitrogen and oxygen atoms in total. The van der Waals surface area contributed by atoms with Crippen LogP contribution in [0.1, 0.15) is 0 Å². The minimum Gasteiger partial charge on any atom is -0.465 e. The Morgan fingerprint density at radius 2 is 1.54 bits per heavy atom. The molecule has 7 heteroatoms. The molecule has 0 bridgehead atoms. The van der Waals surface area contributed by atoms with Crippen LogP contribution in [-0.4, -0.2) is 22.8 Å². The van der Waals surface area contributed by atoms with Crippen molar-refractivity contribution < 1.29 is 9.53 Å². The van der Waals surface area contributed by atoms with Gasteiger partial charge in [-0.3, -0.25) is 0 Å². The lowest BCUT2D eigenvalue weighted by Crippen LogP contribution is -2.11. The maximum Gasteiger partial charge on any atom is 0.349 e. The molecule has 0 aliphatic rings. The van der Waals surface area contributed by atoms with Crippen LogP contribution in [0, 0.1) is 0 Å². The number of ether oxygens (including phenoxy) is 1. The van der Waals surface area contributed by atoms with E-state index in [1.807, 2.05) is 0 Å². The number of rotatable bonds is 3. The number of allylic oxidation sites excluding steroid dienone is 1. The van der Waals surface area contributed by atoms with Gasteiger partial charge in [0.2, 0.25) is 0 Å². The van der Waals surface area contributed by atoms with E-state index in [1.54, 1.807) is 0 Å². The Morgan fingerprint density at radius 3 is 1.77 bits per heavy atom. The largest absolute Gasteiger partial charge is 0.465 e. The predicted molar refractivity (Wildman–Crippen MR) is 55.9 cm³/mol. The molecule has 13 heavy (non-hydrogen) atoms. The average Bonchev–Trinajstić information content (AvgIpc) is 2.01. The van der Waals surface area contributed by atoms with Crippen LogP contribution >= 0.6 is 58.0 Å². The highest BCUT2D eigenvalue weighted by Crippen LogP contribution is 2.29. The first-order chi connectivity index (χ1) is 5.91. The summed E-state index contributed by atoms with van der Waals surface area (Å²) >= 11 is 27.5. The molecule has 0 unspecified atom stereocenters. The minimum atomic E-state index is -1.05. The van der Waals surface area contributed by atoms with Crippen molar-refractivity contribution in [3.63, 3.8) is 0 Å². The normalized spacial score (nSPS) is 10.5. The summed E-state index contributed by atoms with van der Waals surface area (Å²) in [4.78, 5) is 8.82. The van der Waals surface area contributed by atoms with E-state index in [0.29, 0.717) is 0 Å². The van der Waals surface area contributed by atoms with E-state index in [4.69, 9.17) is 58.0 Å². The van der Waals surface area contributed by atoms with Gasteiger partial charge in [-0.2, -0.15) is 0 Å². The van der Waals surface area contributed by atoms with E-state index < -0.39 is 15.6 Å². The highest BCUT2D eigenvalue weighted by atomic mass is 35.5. The number of alkyl halides is 4. The van der Waals surface area contributed by atoms with Crippen LogP contribution in [0.5, 0.6) is 0 Å². The zero-order valence-electron chi connectivity index (χ0n) is 6.36. The first-order valence-corrected chi connectivity index (χ1v) is 5.08. The van der Waals surface area contributed by atoms with E-state index in [-0.39, 0.29) is 10.6 Å². The number of hydrogen-bond donors (Lipinski definition) is 0. The van der Waals surface area contributed by atoms with Gasteiger partial charge in [-0.05, 0) is 0 Å². The topological polar surface area (TPSA) is 26.3 Å². The van der Waals surface area contributed by atoms with Gasteiger partial charge in [0, 0.05) is 5.57 Å². The molecule has 76 valence electrons. The predicted octanol–water partition coefficient (Wildman–Crippen LogP) is 3.26. The van der Waals surface area contributed by atoms with Gasteiger partial charge in [-0.1, -0.05) is 11.6 Å². The van der Waals surface area contributed by atoms with Crippen LogP contribution in [0.3, 0.4) is 0 Å². The molecular formula is C6H5Cl5O2. The van der Waals surface area contributed by atoms with E-state index in [1.165, 1.54) is 0 Å². The Labute approximate surface area is 101 Å². The second-order valence-corrected chi connectivity index (χ2v) is 4.43. The molecule has 0 spiro atoms. The van der Waals surface area contributed by atoms with Gasteiger partial charge in [0.15, 0.2) is 0 Å². The summed E-state index contributed by atoms with van der Waals surface area (Å²) in [5.74, 6) is -0.783. The molecule has 0 heterocycles. The monoisotopic (exact) mass is 284 g/mol. The van der Waals surface area contributed by atoms with E-state index in [2.05, 4.69) is 4.74 Å². The summed E-state index contributed by atoms with van der Waals surface area (Å²) in [7, 11) is 1.16. The first kappa shape index (κ1) is 13.7. The molecule has 0 aromatic rings. The van der Waals surface area contributed by atoms with Crippen molar-refractivity contribution in [2.45, 2.75) is 9.67 Å². The molecule has 0 aromatic carbocycles. The fourth-order valence-corrected chi connectivity index (χ4v) is 2.21. The zero-order chi connectivity index (χ0) is 10.6.